The van der Waals surface area contributed by atoms with E-state index in [0.717, 1.165) is 39.9 Å². The molecular formula is C37H27Cl3N12. The van der Waals surface area contributed by atoms with Crippen molar-refractivity contribution >= 4 is 34.8 Å². The van der Waals surface area contributed by atoms with Crippen molar-refractivity contribution < 1.29 is 0 Å². The molecule has 12 nitrogen and oxygen atoms in total. The number of hydrogen-bond donors (Lipinski definition) is 0. The molecule has 8 aromatic heterocycles. The Hall–Kier alpha value is -6.21. The SMILES string of the molecule is Cc1ccccn1.Clc1ccc(-c2ccccn2)nn1.Clc1ccc(Cl)nn1.c1ccc(-c2ccc(-c3ccc(-c4ccccn4)nn3)nn2)nc1. The molecule has 0 atom stereocenters. The highest BCUT2D eigenvalue weighted by Gasteiger charge is 2.07. The predicted molar refractivity (Wildman–Crippen MR) is 201 cm³/mol. The van der Waals surface area contributed by atoms with Crippen LogP contribution in [0.5, 0.6) is 0 Å². The van der Waals surface area contributed by atoms with Crippen LogP contribution >= 0.6 is 34.8 Å². The summed E-state index contributed by atoms with van der Waals surface area (Å²) in [5.74, 6) is 0. The Morgan fingerprint density at radius 1 is 0.288 bits per heavy atom. The summed E-state index contributed by atoms with van der Waals surface area (Å²) in [4.78, 5) is 16.6. The molecule has 0 fully saturated rings. The lowest BCUT2D eigenvalue weighted by Gasteiger charge is -2.02. The highest BCUT2D eigenvalue weighted by atomic mass is 35.5. The fourth-order valence-corrected chi connectivity index (χ4v) is 4.26. The standard InChI is InChI=1S/C18H12N6.C9H6ClN3.C6H7N.C4H2Cl2N2/c1-3-11-19-13(5-1)15-7-9-17(23-21-15)18-10-8-16(22-24-18)14-6-2-4-12-20-14;10-9-5-4-8(12-13-9)7-3-1-2-6-11-7;1-6-4-2-3-5-7-6;5-3-1-2-4(6)8-7-3/h1-12H;1-6H;2-5H,1H3;1-2H. The third-order valence-electron chi connectivity index (χ3n) is 6.42. The van der Waals surface area contributed by atoms with Gasteiger partial charge >= 0.3 is 0 Å². The largest absolute Gasteiger partial charge is 0.262 e. The topological polar surface area (TPSA) is 155 Å². The summed E-state index contributed by atoms with van der Waals surface area (Å²) < 4.78 is 0. The third-order valence-corrected chi connectivity index (χ3v) is 7.02. The highest BCUT2D eigenvalue weighted by Crippen LogP contribution is 2.19. The molecule has 0 N–H and O–H groups in total. The van der Waals surface area contributed by atoms with Gasteiger partial charge in [0.2, 0.25) is 0 Å². The van der Waals surface area contributed by atoms with Gasteiger partial charge in [0, 0.05) is 30.5 Å². The number of rotatable bonds is 4. The number of aryl methyl sites for hydroxylation is 1. The molecule has 0 aromatic carbocycles. The van der Waals surface area contributed by atoms with Crippen LogP contribution in [0.3, 0.4) is 0 Å². The van der Waals surface area contributed by atoms with Crippen LogP contribution in [0.15, 0.2) is 146 Å². The van der Waals surface area contributed by atoms with Crippen LogP contribution in [0.25, 0.3) is 45.6 Å². The molecule has 0 aliphatic carbocycles. The molecule has 0 bridgehead atoms. The number of pyridine rings is 4. The fourth-order valence-electron chi connectivity index (χ4n) is 3.95. The van der Waals surface area contributed by atoms with E-state index in [9.17, 15) is 0 Å². The lowest BCUT2D eigenvalue weighted by Crippen LogP contribution is -1.96. The Morgan fingerprint density at radius 2 is 0.577 bits per heavy atom. The number of halogens is 3. The lowest BCUT2D eigenvalue weighted by molar-refractivity contribution is 0.989. The molecule has 8 rings (SSSR count). The van der Waals surface area contributed by atoms with Gasteiger partial charge in [-0.25, -0.2) is 0 Å². The molecule has 15 heteroatoms. The zero-order valence-electron chi connectivity index (χ0n) is 27.4. The van der Waals surface area contributed by atoms with Crippen molar-refractivity contribution in [2.75, 3.05) is 0 Å². The summed E-state index contributed by atoms with van der Waals surface area (Å²) in [7, 11) is 0. The van der Waals surface area contributed by atoms with Gasteiger partial charge in [-0.2, -0.15) is 0 Å². The number of nitrogens with zero attached hydrogens (tertiary/aromatic N) is 12. The van der Waals surface area contributed by atoms with Crippen LogP contribution in [0.2, 0.25) is 15.5 Å². The Morgan fingerprint density at radius 3 is 0.808 bits per heavy atom. The molecule has 8 aromatic rings. The second-order valence-electron chi connectivity index (χ2n) is 10.1. The molecule has 0 unspecified atom stereocenters. The van der Waals surface area contributed by atoms with Crippen molar-refractivity contribution in [2.24, 2.45) is 0 Å². The van der Waals surface area contributed by atoms with Gasteiger partial charge in [0.15, 0.2) is 15.5 Å². The van der Waals surface area contributed by atoms with Crippen molar-refractivity contribution in [3.05, 3.63) is 167 Å². The maximum absolute atomic E-state index is 5.61. The molecule has 256 valence electrons. The van der Waals surface area contributed by atoms with Crippen LogP contribution in [-0.4, -0.2) is 60.7 Å². The summed E-state index contributed by atoms with van der Waals surface area (Å²) >= 11 is 16.4. The van der Waals surface area contributed by atoms with Crippen LogP contribution in [0.1, 0.15) is 5.69 Å². The van der Waals surface area contributed by atoms with E-state index in [0.29, 0.717) is 26.8 Å². The van der Waals surface area contributed by atoms with Crippen molar-refractivity contribution in [3.8, 4) is 45.6 Å². The monoisotopic (exact) mass is 744 g/mol. The minimum absolute atomic E-state index is 0.356. The van der Waals surface area contributed by atoms with Gasteiger partial charge in [-0.3, -0.25) is 19.9 Å². The Labute approximate surface area is 314 Å². The van der Waals surface area contributed by atoms with E-state index >= 15 is 0 Å². The quantitative estimate of drug-likeness (QED) is 0.170. The normalized spacial score (nSPS) is 9.92. The fraction of sp³-hybridized carbons (Fsp3) is 0.0270. The second kappa shape index (κ2) is 19.8. The van der Waals surface area contributed by atoms with E-state index in [1.165, 1.54) is 0 Å². The van der Waals surface area contributed by atoms with Gasteiger partial charge < -0.3 is 0 Å². The number of hydrogen-bond acceptors (Lipinski definition) is 12. The second-order valence-corrected chi connectivity index (χ2v) is 11.3. The van der Waals surface area contributed by atoms with Gasteiger partial charge in [-0.05, 0) is 104 Å². The average molecular weight is 746 g/mol. The van der Waals surface area contributed by atoms with Crippen molar-refractivity contribution in [1.82, 2.24) is 60.7 Å². The maximum atomic E-state index is 5.61. The van der Waals surface area contributed by atoms with E-state index in [2.05, 4.69) is 60.7 Å². The molecule has 0 spiro atoms. The van der Waals surface area contributed by atoms with Crippen LogP contribution < -0.4 is 0 Å². The molecule has 0 radical (unpaired) electrons. The van der Waals surface area contributed by atoms with E-state index in [4.69, 9.17) is 34.8 Å². The van der Waals surface area contributed by atoms with E-state index in [1.807, 2.05) is 104 Å². The summed E-state index contributed by atoms with van der Waals surface area (Å²) in [5.41, 5.74) is 6.93. The predicted octanol–water partition coefficient (Wildman–Crippen LogP) is 8.42. The molecule has 0 saturated carbocycles. The number of aromatic nitrogens is 12. The summed E-state index contributed by atoms with van der Waals surface area (Å²) in [6, 6.07) is 37.0. The van der Waals surface area contributed by atoms with Gasteiger partial charge in [-0.1, -0.05) is 59.1 Å². The molecule has 0 aliphatic heterocycles. The summed E-state index contributed by atoms with van der Waals surface area (Å²) in [6.45, 7) is 1.97. The van der Waals surface area contributed by atoms with Gasteiger partial charge in [0.1, 0.15) is 28.5 Å². The van der Waals surface area contributed by atoms with Gasteiger partial charge in [0.25, 0.3) is 0 Å². The Kier molecular flexibility index (Phi) is 14.1. The van der Waals surface area contributed by atoms with E-state index in [1.54, 1.807) is 49.1 Å². The molecular weight excluding hydrogens is 719 g/mol. The van der Waals surface area contributed by atoms with E-state index in [-0.39, 0.29) is 0 Å². The van der Waals surface area contributed by atoms with Crippen LogP contribution in [-0.2, 0) is 0 Å². The zero-order chi connectivity index (χ0) is 36.4. The Balaban J connectivity index is 0.000000155. The summed E-state index contributed by atoms with van der Waals surface area (Å²) in [5, 5.41) is 32.5. The van der Waals surface area contributed by atoms with E-state index < -0.39 is 0 Å². The first kappa shape index (κ1) is 37.1. The first-order valence-corrected chi connectivity index (χ1v) is 16.5. The molecule has 0 aliphatic rings. The third kappa shape index (κ3) is 12.0. The highest BCUT2D eigenvalue weighted by molar-refractivity contribution is 6.31. The van der Waals surface area contributed by atoms with Crippen LogP contribution in [0.4, 0.5) is 0 Å². The molecule has 52 heavy (non-hydrogen) atoms. The molecule has 8 heterocycles. The average Bonchev–Trinajstić information content (AvgIpc) is 3.21. The van der Waals surface area contributed by atoms with Crippen LogP contribution in [0, 0.1) is 6.92 Å². The van der Waals surface area contributed by atoms with Crippen molar-refractivity contribution in [1.29, 1.82) is 0 Å². The minimum atomic E-state index is 0.356. The van der Waals surface area contributed by atoms with Gasteiger partial charge in [-0.15, -0.1) is 40.8 Å². The maximum Gasteiger partial charge on any atom is 0.151 e. The zero-order valence-corrected chi connectivity index (χ0v) is 29.6. The minimum Gasteiger partial charge on any atom is -0.262 e. The smallest absolute Gasteiger partial charge is 0.151 e. The Bertz CT molecular complexity index is 2080. The van der Waals surface area contributed by atoms with Crippen molar-refractivity contribution in [2.45, 2.75) is 6.92 Å². The molecule has 0 amide bonds. The summed E-state index contributed by atoms with van der Waals surface area (Å²) in [6.07, 6.45) is 6.96. The molecule has 0 saturated heterocycles. The lowest BCUT2D eigenvalue weighted by atomic mass is 10.2. The van der Waals surface area contributed by atoms with Crippen molar-refractivity contribution in [3.63, 3.8) is 0 Å². The first-order chi connectivity index (χ1) is 25.4. The first-order valence-electron chi connectivity index (χ1n) is 15.4. The van der Waals surface area contributed by atoms with Gasteiger partial charge in [0.05, 0.1) is 17.1 Å².